The van der Waals surface area contributed by atoms with Gasteiger partial charge in [-0.15, -0.1) is 0 Å². The standard InChI is InChI=1S/C16H21N3O4S/c1-4-12(19-23-5-2)15-13(20)6-10(7-14(15)21)11-8-17-16(18-9-11)24(3)22/h8-10,20H,4-7H2,1-3H3. The van der Waals surface area contributed by atoms with Crippen molar-refractivity contribution in [3.8, 4) is 0 Å². The molecule has 1 aromatic heterocycles. The SMILES string of the molecule is CCON=C(CC)C1=C(O)CC(c2cnc(S(C)=O)nc2)CC1=O. The van der Waals surface area contributed by atoms with Crippen molar-refractivity contribution >= 4 is 22.3 Å². The highest BCUT2D eigenvalue weighted by atomic mass is 32.2. The number of aliphatic hydroxyl groups is 1. The molecule has 1 N–H and O–H groups in total. The van der Waals surface area contributed by atoms with Crippen LogP contribution in [0.3, 0.4) is 0 Å². The summed E-state index contributed by atoms with van der Waals surface area (Å²) in [5, 5.41) is 14.5. The Morgan fingerprint density at radius 2 is 2.04 bits per heavy atom. The molecule has 2 unspecified atom stereocenters. The van der Waals surface area contributed by atoms with Crippen molar-refractivity contribution in [1.82, 2.24) is 9.97 Å². The number of nitrogens with zero attached hydrogens (tertiary/aromatic N) is 3. The topological polar surface area (TPSA) is 102 Å². The lowest BCUT2D eigenvalue weighted by Gasteiger charge is -2.23. The molecule has 0 spiro atoms. The van der Waals surface area contributed by atoms with Gasteiger partial charge >= 0.3 is 0 Å². The van der Waals surface area contributed by atoms with Crippen LogP contribution in [0.15, 0.2) is 34.0 Å². The van der Waals surface area contributed by atoms with Gasteiger partial charge in [-0.05, 0) is 18.9 Å². The molecule has 0 aromatic carbocycles. The third kappa shape index (κ3) is 4.05. The average Bonchev–Trinajstić information content (AvgIpc) is 2.57. The average molecular weight is 351 g/mol. The van der Waals surface area contributed by atoms with Crippen LogP contribution in [0.4, 0.5) is 0 Å². The number of hydrogen-bond donors (Lipinski definition) is 1. The van der Waals surface area contributed by atoms with Gasteiger partial charge in [0.15, 0.2) is 5.78 Å². The van der Waals surface area contributed by atoms with Crippen LogP contribution < -0.4 is 0 Å². The van der Waals surface area contributed by atoms with Crippen molar-refractivity contribution in [3.05, 3.63) is 29.3 Å². The highest BCUT2D eigenvalue weighted by Crippen LogP contribution is 2.34. The number of Topliss-reactive ketones (excluding diaryl/α,β-unsaturated/α-hetero) is 1. The summed E-state index contributed by atoms with van der Waals surface area (Å²) < 4.78 is 11.3. The van der Waals surface area contributed by atoms with E-state index in [1.165, 1.54) is 6.26 Å². The van der Waals surface area contributed by atoms with Crippen molar-refractivity contribution < 1.29 is 18.9 Å². The lowest BCUT2D eigenvalue weighted by molar-refractivity contribution is -0.116. The molecule has 7 nitrogen and oxygen atoms in total. The summed E-state index contributed by atoms with van der Waals surface area (Å²) >= 11 is 0. The van der Waals surface area contributed by atoms with Gasteiger partial charge in [0.05, 0.1) is 22.1 Å². The molecular weight excluding hydrogens is 330 g/mol. The van der Waals surface area contributed by atoms with Crippen LogP contribution in [0, 0.1) is 0 Å². The van der Waals surface area contributed by atoms with E-state index in [-0.39, 0.29) is 34.6 Å². The lowest BCUT2D eigenvalue weighted by Crippen LogP contribution is -2.24. The van der Waals surface area contributed by atoms with Crippen LogP contribution >= 0.6 is 0 Å². The number of rotatable bonds is 6. The number of carbonyl (C=O) groups is 1. The van der Waals surface area contributed by atoms with E-state index >= 15 is 0 Å². The maximum Gasteiger partial charge on any atom is 0.218 e. The van der Waals surface area contributed by atoms with Crippen molar-refractivity contribution in [2.24, 2.45) is 5.16 Å². The summed E-state index contributed by atoms with van der Waals surface area (Å²) in [5.41, 5.74) is 1.46. The monoisotopic (exact) mass is 351 g/mol. The van der Waals surface area contributed by atoms with E-state index in [9.17, 15) is 14.1 Å². The minimum absolute atomic E-state index is 0.0136. The molecule has 0 aliphatic heterocycles. The van der Waals surface area contributed by atoms with E-state index < -0.39 is 10.8 Å². The largest absolute Gasteiger partial charge is 0.511 e. The Bertz CT molecular complexity index is 698. The van der Waals surface area contributed by atoms with Crippen LogP contribution in [0.5, 0.6) is 0 Å². The second kappa shape index (κ2) is 8.14. The van der Waals surface area contributed by atoms with Crippen molar-refractivity contribution in [2.75, 3.05) is 12.9 Å². The number of allylic oxidation sites excluding steroid dienone is 2. The molecule has 0 fully saturated rings. The number of aliphatic hydroxyl groups excluding tert-OH is 1. The van der Waals surface area contributed by atoms with Gasteiger partial charge in [-0.1, -0.05) is 12.1 Å². The maximum absolute atomic E-state index is 12.5. The summed E-state index contributed by atoms with van der Waals surface area (Å²) in [4.78, 5) is 25.6. The minimum Gasteiger partial charge on any atom is -0.511 e. The van der Waals surface area contributed by atoms with Gasteiger partial charge < -0.3 is 9.94 Å². The minimum atomic E-state index is -1.25. The molecule has 24 heavy (non-hydrogen) atoms. The first kappa shape index (κ1) is 18.3. The Balaban J connectivity index is 2.25. The first-order valence-electron chi connectivity index (χ1n) is 7.77. The van der Waals surface area contributed by atoms with Crippen LogP contribution in [-0.2, 0) is 20.4 Å². The van der Waals surface area contributed by atoms with Crippen LogP contribution in [-0.4, -0.2) is 43.6 Å². The van der Waals surface area contributed by atoms with Gasteiger partial charge in [-0.2, -0.15) is 0 Å². The summed E-state index contributed by atoms with van der Waals surface area (Å²) in [6.07, 6.45) is 5.68. The molecule has 0 bridgehead atoms. The molecule has 2 atom stereocenters. The zero-order valence-electron chi connectivity index (χ0n) is 14.0. The number of ketones is 1. The predicted octanol–water partition coefficient (Wildman–Crippen LogP) is 2.28. The van der Waals surface area contributed by atoms with Gasteiger partial charge in [0.2, 0.25) is 5.16 Å². The van der Waals surface area contributed by atoms with Gasteiger partial charge in [-0.3, -0.25) is 9.00 Å². The zero-order chi connectivity index (χ0) is 17.7. The Hall–Kier alpha value is -2.09. The summed E-state index contributed by atoms with van der Waals surface area (Å²) in [6, 6.07) is 0. The normalized spacial score (nSPS) is 20.2. The van der Waals surface area contributed by atoms with Crippen LogP contribution in [0.2, 0.25) is 0 Å². The molecule has 0 amide bonds. The van der Waals surface area contributed by atoms with E-state index in [0.717, 1.165) is 5.56 Å². The Morgan fingerprint density at radius 1 is 1.38 bits per heavy atom. The van der Waals surface area contributed by atoms with E-state index in [1.807, 2.05) is 6.92 Å². The third-order valence-electron chi connectivity index (χ3n) is 3.74. The fraction of sp³-hybridized carbons (Fsp3) is 0.500. The maximum atomic E-state index is 12.5. The highest BCUT2D eigenvalue weighted by Gasteiger charge is 2.31. The summed E-state index contributed by atoms with van der Waals surface area (Å²) in [7, 11) is -1.25. The van der Waals surface area contributed by atoms with E-state index in [4.69, 9.17) is 4.84 Å². The summed E-state index contributed by atoms with van der Waals surface area (Å²) in [5.74, 6) is -0.363. The number of oxime groups is 1. The number of aromatic nitrogens is 2. The summed E-state index contributed by atoms with van der Waals surface area (Å²) in [6.45, 7) is 4.06. The Labute approximate surface area is 143 Å². The fourth-order valence-corrected chi connectivity index (χ4v) is 2.97. The predicted molar refractivity (Wildman–Crippen MR) is 90.4 cm³/mol. The molecular formula is C16H21N3O4S. The number of hydrogen-bond acceptors (Lipinski definition) is 7. The highest BCUT2D eigenvalue weighted by molar-refractivity contribution is 7.84. The molecule has 0 saturated heterocycles. The molecule has 8 heteroatoms. The van der Waals surface area contributed by atoms with Crippen LogP contribution in [0.1, 0.15) is 44.6 Å². The molecule has 1 aliphatic carbocycles. The molecule has 130 valence electrons. The van der Waals surface area contributed by atoms with Crippen molar-refractivity contribution in [3.63, 3.8) is 0 Å². The second-order valence-corrected chi connectivity index (χ2v) is 6.69. The second-order valence-electron chi connectivity index (χ2n) is 5.41. The van der Waals surface area contributed by atoms with Gasteiger partial charge in [0.25, 0.3) is 0 Å². The Morgan fingerprint density at radius 3 is 2.54 bits per heavy atom. The third-order valence-corrected chi connectivity index (χ3v) is 4.47. The molecule has 1 aromatic rings. The van der Waals surface area contributed by atoms with Gasteiger partial charge in [0.1, 0.15) is 12.4 Å². The van der Waals surface area contributed by atoms with E-state index in [1.54, 1.807) is 19.3 Å². The van der Waals surface area contributed by atoms with Crippen molar-refractivity contribution in [2.45, 2.75) is 44.2 Å². The molecule has 0 radical (unpaired) electrons. The van der Waals surface area contributed by atoms with Crippen molar-refractivity contribution in [1.29, 1.82) is 0 Å². The molecule has 0 saturated carbocycles. The van der Waals surface area contributed by atoms with Gasteiger partial charge in [0, 0.05) is 37.4 Å². The smallest absolute Gasteiger partial charge is 0.218 e. The quantitative estimate of drug-likeness (QED) is 0.479. The first-order chi connectivity index (χ1) is 11.5. The Kier molecular flexibility index (Phi) is 6.19. The number of carbonyl (C=O) groups excluding carboxylic acids is 1. The zero-order valence-corrected chi connectivity index (χ0v) is 14.8. The lowest BCUT2D eigenvalue weighted by atomic mass is 9.82. The van der Waals surface area contributed by atoms with E-state index in [2.05, 4.69) is 15.1 Å². The fourth-order valence-electron chi connectivity index (χ4n) is 2.57. The first-order valence-corrected chi connectivity index (χ1v) is 9.33. The molecule has 1 heterocycles. The van der Waals surface area contributed by atoms with Gasteiger partial charge in [-0.25, -0.2) is 9.97 Å². The molecule has 1 aliphatic rings. The van der Waals surface area contributed by atoms with Crippen LogP contribution in [0.25, 0.3) is 0 Å². The van der Waals surface area contributed by atoms with E-state index in [0.29, 0.717) is 25.2 Å². The molecule has 2 rings (SSSR count).